The summed E-state index contributed by atoms with van der Waals surface area (Å²) >= 11 is 0. The summed E-state index contributed by atoms with van der Waals surface area (Å²) in [5.41, 5.74) is -1.58. The second-order valence-electron chi connectivity index (χ2n) is 5.14. The summed E-state index contributed by atoms with van der Waals surface area (Å²) in [4.78, 5) is 24.5. The van der Waals surface area contributed by atoms with E-state index in [-0.39, 0.29) is 12.1 Å². The molecule has 108 valence electrons. The highest BCUT2D eigenvalue weighted by molar-refractivity contribution is 6.06. The third-order valence-corrected chi connectivity index (χ3v) is 3.04. The number of carbonyl (C=O) groups excluding carboxylic acids is 2. The van der Waals surface area contributed by atoms with Gasteiger partial charge in [-0.2, -0.15) is 13.2 Å². The largest absolute Gasteiger partial charge is 0.416 e. The zero-order valence-electron chi connectivity index (χ0n) is 10.9. The molecule has 4 nitrogen and oxygen atoms in total. The Morgan fingerprint density at radius 1 is 1.25 bits per heavy atom. The average Bonchev–Trinajstić information content (AvgIpc) is 2.51. The van der Waals surface area contributed by atoms with Gasteiger partial charge in [0, 0.05) is 0 Å². The van der Waals surface area contributed by atoms with Gasteiger partial charge in [-0.25, -0.2) is 4.79 Å². The highest BCUT2D eigenvalue weighted by Gasteiger charge is 2.44. The van der Waals surface area contributed by atoms with Gasteiger partial charge in [-0.1, -0.05) is 12.1 Å². The van der Waals surface area contributed by atoms with Crippen molar-refractivity contribution in [3.8, 4) is 0 Å². The predicted molar refractivity (Wildman–Crippen MR) is 64.6 cm³/mol. The Balaban J connectivity index is 2.23. The molecule has 1 aliphatic heterocycles. The molecule has 7 heteroatoms. The Kier molecular flexibility index (Phi) is 3.23. The van der Waals surface area contributed by atoms with Crippen molar-refractivity contribution in [1.82, 2.24) is 10.2 Å². The van der Waals surface area contributed by atoms with Crippen LogP contribution in [0.2, 0.25) is 0 Å². The average molecular weight is 286 g/mol. The second kappa shape index (κ2) is 4.50. The van der Waals surface area contributed by atoms with E-state index in [4.69, 9.17) is 0 Å². The fourth-order valence-electron chi connectivity index (χ4n) is 1.99. The minimum atomic E-state index is -4.45. The lowest BCUT2D eigenvalue weighted by atomic mass is 10.1. The molecule has 0 atom stereocenters. The fourth-order valence-corrected chi connectivity index (χ4v) is 1.99. The number of nitrogens with zero attached hydrogens (tertiary/aromatic N) is 1. The third-order valence-electron chi connectivity index (χ3n) is 3.04. The molecule has 1 fully saturated rings. The molecule has 1 heterocycles. The summed E-state index contributed by atoms with van der Waals surface area (Å²) in [5, 5.41) is 2.47. The topological polar surface area (TPSA) is 49.4 Å². The maximum absolute atomic E-state index is 12.6. The Bertz CT molecular complexity index is 567. The molecular weight excluding hydrogens is 273 g/mol. The van der Waals surface area contributed by atoms with Gasteiger partial charge in [0.05, 0.1) is 12.1 Å². The van der Waals surface area contributed by atoms with E-state index in [0.717, 1.165) is 17.0 Å². The summed E-state index contributed by atoms with van der Waals surface area (Å²) in [6, 6.07) is 3.98. The van der Waals surface area contributed by atoms with Crippen molar-refractivity contribution < 1.29 is 22.8 Å². The van der Waals surface area contributed by atoms with Crippen LogP contribution in [0.15, 0.2) is 24.3 Å². The van der Waals surface area contributed by atoms with Crippen molar-refractivity contribution >= 4 is 11.9 Å². The smallest absolute Gasteiger partial charge is 0.324 e. The Morgan fingerprint density at radius 2 is 1.90 bits per heavy atom. The number of amides is 3. The molecule has 2 rings (SSSR count). The van der Waals surface area contributed by atoms with Crippen LogP contribution in [0.1, 0.15) is 25.0 Å². The van der Waals surface area contributed by atoms with Crippen LogP contribution in [-0.2, 0) is 17.5 Å². The zero-order valence-corrected chi connectivity index (χ0v) is 10.9. The first-order chi connectivity index (χ1) is 9.11. The van der Waals surface area contributed by atoms with Gasteiger partial charge < -0.3 is 5.32 Å². The molecule has 0 spiro atoms. The van der Waals surface area contributed by atoms with Crippen LogP contribution in [0.4, 0.5) is 18.0 Å². The highest BCUT2D eigenvalue weighted by atomic mass is 19.4. The first kappa shape index (κ1) is 14.4. The van der Waals surface area contributed by atoms with Crippen molar-refractivity contribution in [2.75, 3.05) is 0 Å². The van der Waals surface area contributed by atoms with Crippen LogP contribution >= 0.6 is 0 Å². The lowest BCUT2D eigenvalue weighted by Crippen LogP contribution is -2.40. The van der Waals surface area contributed by atoms with Gasteiger partial charge in [-0.15, -0.1) is 0 Å². The van der Waals surface area contributed by atoms with Crippen molar-refractivity contribution in [3.63, 3.8) is 0 Å². The summed E-state index contributed by atoms with van der Waals surface area (Å²) in [7, 11) is 0. The molecule has 20 heavy (non-hydrogen) atoms. The lowest BCUT2D eigenvalue weighted by molar-refractivity contribution is -0.137. The normalized spacial score (nSPS) is 18.4. The number of alkyl halides is 3. The van der Waals surface area contributed by atoms with Crippen LogP contribution in [-0.4, -0.2) is 22.4 Å². The van der Waals surface area contributed by atoms with Crippen LogP contribution in [0, 0.1) is 0 Å². The van der Waals surface area contributed by atoms with Gasteiger partial charge in [0.2, 0.25) is 0 Å². The van der Waals surface area contributed by atoms with E-state index in [9.17, 15) is 22.8 Å². The Hall–Kier alpha value is -2.05. The predicted octanol–water partition coefficient (Wildman–Crippen LogP) is 2.54. The van der Waals surface area contributed by atoms with Gasteiger partial charge >= 0.3 is 12.2 Å². The molecule has 3 amide bonds. The maximum atomic E-state index is 12.6. The van der Waals surface area contributed by atoms with Gasteiger partial charge in [-0.05, 0) is 31.5 Å². The number of nitrogens with one attached hydrogen (secondary N) is 1. The SMILES string of the molecule is CC1(C)NC(=O)N(Cc2cccc(C(F)(F)F)c2)C1=O. The van der Waals surface area contributed by atoms with E-state index in [1.165, 1.54) is 12.1 Å². The quantitative estimate of drug-likeness (QED) is 0.849. The number of imide groups is 1. The molecule has 0 bridgehead atoms. The van der Waals surface area contributed by atoms with E-state index in [1.807, 2.05) is 0 Å². The third kappa shape index (κ3) is 2.61. The lowest BCUT2D eigenvalue weighted by Gasteiger charge is -2.16. The Morgan fingerprint density at radius 3 is 2.40 bits per heavy atom. The van der Waals surface area contributed by atoms with E-state index in [0.29, 0.717) is 0 Å². The standard InChI is InChI=1S/C13H13F3N2O2/c1-12(2)10(19)18(11(20)17-12)7-8-4-3-5-9(6-8)13(14,15)16/h3-6H,7H2,1-2H3,(H,17,20). The van der Waals surface area contributed by atoms with E-state index < -0.39 is 29.2 Å². The fraction of sp³-hybridized carbons (Fsp3) is 0.385. The summed E-state index contributed by atoms with van der Waals surface area (Å²) in [6.45, 7) is 2.90. The number of benzene rings is 1. The van der Waals surface area contributed by atoms with Crippen molar-refractivity contribution in [3.05, 3.63) is 35.4 Å². The summed E-state index contributed by atoms with van der Waals surface area (Å²) in [5.74, 6) is -0.458. The molecule has 0 radical (unpaired) electrons. The number of carbonyl (C=O) groups is 2. The van der Waals surface area contributed by atoms with Crippen LogP contribution in [0.5, 0.6) is 0 Å². The van der Waals surface area contributed by atoms with Crippen molar-refractivity contribution in [2.45, 2.75) is 32.1 Å². The molecule has 1 aromatic carbocycles. The van der Waals surface area contributed by atoms with E-state index >= 15 is 0 Å². The van der Waals surface area contributed by atoms with Gasteiger partial charge in [0.15, 0.2) is 0 Å². The number of hydrogen-bond donors (Lipinski definition) is 1. The van der Waals surface area contributed by atoms with Gasteiger partial charge in [-0.3, -0.25) is 9.69 Å². The van der Waals surface area contributed by atoms with Crippen molar-refractivity contribution in [2.24, 2.45) is 0 Å². The van der Waals surface area contributed by atoms with E-state index in [1.54, 1.807) is 13.8 Å². The first-order valence-electron chi connectivity index (χ1n) is 5.91. The maximum Gasteiger partial charge on any atom is 0.416 e. The van der Waals surface area contributed by atoms with Gasteiger partial charge in [0.25, 0.3) is 5.91 Å². The summed E-state index contributed by atoms with van der Waals surface area (Å²) in [6.07, 6.45) is -4.45. The monoisotopic (exact) mass is 286 g/mol. The molecule has 1 aromatic rings. The number of urea groups is 1. The molecule has 1 aliphatic rings. The molecule has 0 unspecified atom stereocenters. The molecule has 1 N–H and O–H groups in total. The minimum absolute atomic E-state index is 0.183. The van der Waals surface area contributed by atoms with Gasteiger partial charge in [0.1, 0.15) is 5.54 Å². The molecule has 0 aliphatic carbocycles. The number of halogens is 3. The molecule has 0 saturated carbocycles. The minimum Gasteiger partial charge on any atom is -0.324 e. The number of hydrogen-bond acceptors (Lipinski definition) is 2. The van der Waals surface area contributed by atoms with Crippen molar-refractivity contribution in [1.29, 1.82) is 0 Å². The first-order valence-corrected chi connectivity index (χ1v) is 5.91. The van der Waals surface area contributed by atoms with Crippen LogP contribution in [0.25, 0.3) is 0 Å². The number of rotatable bonds is 2. The van der Waals surface area contributed by atoms with E-state index in [2.05, 4.69) is 5.32 Å². The second-order valence-corrected chi connectivity index (χ2v) is 5.14. The molecular formula is C13H13F3N2O2. The van der Waals surface area contributed by atoms with Crippen LogP contribution < -0.4 is 5.32 Å². The molecule has 0 aromatic heterocycles. The Labute approximate surface area is 113 Å². The summed E-state index contributed by atoms with van der Waals surface area (Å²) < 4.78 is 37.8. The molecule has 1 saturated heterocycles. The highest BCUT2D eigenvalue weighted by Crippen LogP contribution is 2.30. The van der Waals surface area contributed by atoms with Crippen LogP contribution in [0.3, 0.4) is 0 Å². The zero-order chi connectivity index (χ0) is 15.1.